The molecule has 1 unspecified atom stereocenters. The Kier molecular flexibility index (Phi) is 4.86. The molecule has 1 amide bonds. The average molecular weight is 401 g/mol. The van der Waals surface area contributed by atoms with Gasteiger partial charge in [-0.2, -0.15) is 15.3 Å². The topological polar surface area (TPSA) is 81.0 Å². The number of allylic oxidation sites excluding steroid dienone is 4. The number of rotatable bonds is 4. The van der Waals surface area contributed by atoms with E-state index in [-0.39, 0.29) is 23.9 Å². The molecule has 0 saturated heterocycles. The SMILES string of the molecule is O=C(Cn1nc(C2=CCCC2)ccc1=O)N1CCC2=C1C=CCC2c1ccnnc1. The molecule has 2 aromatic rings. The lowest BCUT2D eigenvalue weighted by Gasteiger charge is -2.24. The van der Waals surface area contributed by atoms with Crippen molar-refractivity contribution in [1.29, 1.82) is 0 Å². The van der Waals surface area contributed by atoms with E-state index in [1.54, 1.807) is 23.4 Å². The molecule has 7 heteroatoms. The Morgan fingerprint density at radius 3 is 2.90 bits per heavy atom. The summed E-state index contributed by atoms with van der Waals surface area (Å²) in [5.41, 5.74) is 5.03. The summed E-state index contributed by atoms with van der Waals surface area (Å²) in [4.78, 5) is 27.2. The molecule has 2 aromatic heterocycles. The number of nitrogens with zero attached hydrogens (tertiary/aromatic N) is 5. The van der Waals surface area contributed by atoms with Crippen molar-refractivity contribution in [2.75, 3.05) is 6.54 Å². The maximum atomic E-state index is 13.1. The Balaban J connectivity index is 1.39. The maximum absolute atomic E-state index is 13.1. The Morgan fingerprint density at radius 1 is 1.17 bits per heavy atom. The minimum absolute atomic E-state index is 0.0496. The van der Waals surface area contributed by atoms with Gasteiger partial charge < -0.3 is 4.90 Å². The molecule has 2 aliphatic carbocycles. The van der Waals surface area contributed by atoms with Gasteiger partial charge in [0.15, 0.2) is 0 Å². The highest BCUT2D eigenvalue weighted by atomic mass is 16.2. The van der Waals surface area contributed by atoms with Crippen LogP contribution in [0.2, 0.25) is 0 Å². The van der Waals surface area contributed by atoms with E-state index >= 15 is 0 Å². The van der Waals surface area contributed by atoms with Crippen molar-refractivity contribution >= 4 is 11.5 Å². The summed E-state index contributed by atoms with van der Waals surface area (Å²) in [6, 6.07) is 5.25. The van der Waals surface area contributed by atoms with Crippen molar-refractivity contribution in [1.82, 2.24) is 24.9 Å². The standard InChI is InChI=1S/C23H23N5O2/c29-22-9-8-20(16-4-1-2-5-16)26-28(22)15-23(30)27-13-11-19-18(6-3-7-21(19)27)17-10-12-24-25-14-17/h3-4,7-10,12,14,18H,1-2,5-6,11,13,15H2. The van der Waals surface area contributed by atoms with Crippen molar-refractivity contribution in [3.8, 4) is 0 Å². The number of aromatic nitrogens is 4. The van der Waals surface area contributed by atoms with E-state index in [1.807, 2.05) is 12.1 Å². The zero-order valence-electron chi connectivity index (χ0n) is 16.7. The van der Waals surface area contributed by atoms with Crippen LogP contribution in [0.5, 0.6) is 0 Å². The highest BCUT2D eigenvalue weighted by Crippen LogP contribution is 2.40. The van der Waals surface area contributed by atoms with Crippen LogP contribution >= 0.6 is 0 Å². The highest BCUT2D eigenvalue weighted by molar-refractivity contribution is 5.79. The minimum atomic E-state index is -0.251. The first kappa shape index (κ1) is 18.7. The number of hydrogen-bond acceptors (Lipinski definition) is 5. The van der Waals surface area contributed by atoms with Gasteiger partial charge in [0.1, 0.15) is 6.54 Å². The lowest BCUT2D eigenvalue weighted by molar-refractivity contribution is -0.129. The molecule has 7 nitrogen and oxygen atoms in total. The van der Waals surface area contributed by atoms with Crippen LogP contribution in [-0.4, -0.2) is 37.3 Å². The van der Waals surface area contributed by atoms with E-state index in [1.165, 1.54) is 16.3 Å². The zero-order chi connectivity index (χ0) is 20.5. The predicted octanol–water partition coefficient (Wildman–Crippen LogP) is 2.83. The molecule has 0 aromatic carbocycles. The van der Waals surface area contributed by atoms with Crippen LogP contribution in [0.3, 0.4) is 0 Å². The monoisotopic (exact) mass is 401 g/mol. The van der Waals surface area contributed by atoms with Gasteiger partial charge >= 0.3 is 0 Å². The van der Waals surface area contributed by atoms with Gasteiger partial charge in [-0.15, -0.1) is 0 Å². The molecule has 0 radical (unpaired) electrons. The Labute approximate surface area is 174 Å². The summed E-state index contributed by atoms with van der Waals surface area (Å²) in [7, 11) is 0. The van der Waals surface area contributed by atoms with Crippen molar-refractivity contribution in [3.05, 3.63) is 81.7 Å². The van der Waals surface area contributed by atoms with Gasteiger partial charge in [0.2, 0.25) is 5.91 Å². The molecule has 0 bridgehead atoms. The molecule has 0 saturated carbocycles. The second-order valence-electron chi connectivity index (χ2n) is 7.91. The van der Waals surface area contributed by atoms with Crippen LogP contribution in [0.15, 0.2) is 64.9 Å². The molecule has 3 aliphatic rings. The molecule has 30 heavy (non-hydrogen) atoms. The van der Waals surface area contributed by atoms with E-state index in [9.17, 15) is 9.59 Å². The van der Waals surface area contributed by atoms with E-state index in [0.717, 1.165) is 54.6 Å². The smallest absolute Gasteiger partial charge is 0.267 e. The lowest BCUT2D eigenvalue weighted by Crippen LogP contribution is -2.35. The second-order valence-corrected chi connectivity index (χ2v) is 7.91. The third kappa shape index (κ3) is 3.40. The van der Waals surface area contributed by atoms with E-state index in [0.29, 0.717) is 6.54 Å². The van der Waals surface area contributed by atoms with Gasteiger partial charge in [0.05, 0.1) is 11.9 Å². The third-order valence-electron chi connectivity index (χ3n) is 6.12. The van der Waals surface area contributed by atoms with Gasteiger partial charge in [0.25, 0.3) is 5.56 Å². The van der Waals surface area contributed by atoms with Gasteiger partial charge in [-0.1, -0.05) is 12.2 Å². The first-order valence-corrected chi connectivity index (χ1v) is 10.4. The molecule has 0 N–H and O–H groups in total. The van der Waals surface area contributed by atoms with Crippen LogP contribution < -0.4 is 5.56 Å². The Morgan fingerprint density at radius 2 is 2.10 bits per heavy atom. The summed E-state index contributed by atoms with van der Waals surface area (Å²) in [5, 5.41) is 12.3. The average Bonchev–Trinajstić information content (AvgIpc) is 3.46. The Bertz CT molecular complexity index is 1130. The number of hydrogen-bond donors (Lipinski definition) is 0. The molecule has 0 spiro atoms. The summed E-state index contributed by atoms with van der Waals surface area (Å²) >= 11 is 0. The number of carbonyl (C=O) groups excluding carboxylic acids is 1. The fraction of sp³-hybridized carbons (Fsp3) is 0.348. The van der Waals surface area contributed by atoms with Gasteiger partial charge in [-0.05, 0) is 67.0 Å². The zero-order valence-corrected chi connectivity index (χ0v) is 16.7. The summed E-state index contributed by atoms with van der Waals surface area (Å²) < 4.78 is 1.30. The highest BCUT2D eigenvalue weighted by Gasteiger charge is 2.32. The van der Waals surface area contributed by atoms with Crippen LogP contribution in [0, 0.1) is 0 Å². The fourth-order valence-corrected chi connectivity index (χ4v) is 4.62. The van der Waals surface area contributed by atoms with E-state index in [2.05, 4.69) is 27.4 Å². The van der Waals surface area contributed by atoms with Crippen LogP contribution in [-0.2, 0) is 11.3 Å². The van der Waals surface area contributed by atoms with Crippen molar-refractivity contribution in [2.24, 2.45) is 0 Å². The van der Waals surface area contributed by atoms with Gasteiger partial charge in [0, 0.05) is 30.4 Å². The predicted molar refractivity (Wildman–Crippen MR) is 112 cm³/mol. The molecular weight excluding hydrogens is 378 g/mol. The van der Waals surface area contributed by atoms with Crippen molar-refractivity contribution in [2.45, 2.75) is 44.6 Å². The molecule has 3 heterocycles. The van der Waals surface area contributed by atoms with E-state index in [4.69, 9.17) is 0 Å². The van der Waals surface area contributed by atoms with Gasteiger partial charge in [-0.3, -0.25) is 9.59 Å². The minimum Gasteiger partial charge on any atom is -0.311 e. The number of carbonyl (C=O) groups is 1. The molecule has 0 fully saturated rings. The van der Waals surface area contributed by atoms with Crippen LogP contribution in [0.25, 0.3) is 5.57 Å². The van der Waals surface area contributed by atoms with Gasteiger partial charge in [-0.25, -0.2) is 4.68 Å². The molecule has 1 atom stereocenters. The largest absolute Gasteiger partial charge is 0.311 e. The van der Waals surface area contributed by atoms with Crippen molar-refractivity contribution < 1.29 is 4.79 Å². The molecular formula is C23H23N5O2. The number of amides is 1. The molecule has 152 valence electrons. The van der Waals surface area contributed by atoms with Crippen LogP contribution in [0.4, 0.5) is 0 Å². The first-order valence-electron chi connectivity index (χ1n) is 10.4. The normalized spacial score (nSPS) is 20.5. The van der Waals surface area contributed by atoms with Crippen LogP contribution in [0.1, 0.15) is 49.3 Å². The molecule has 5 rings (SSSR count). The second kappa shape index (κ2) is 7.82. The summed E-state index contributed by atoms with van der Waals surface area (Å²) in [6.07, 6.45) is 14.6. The molecule has 1 aliphatic heterocycles. The fourth-order valence-electron chi connectivity index (χ4n) is 4.62. The summed E-state index contributed by atoms with van der Waals surface area (Å²) in [6.45, 7) is 0.578. The van der Waals surface area contributed by atoms with E-state index < -0.39 is 0 Å². The maximum Gasteiger partial charge on any atom is 0.267 e. The lowest BCUT2D eigenvalue weighted by atomic mass is 9.85. The summed E-state index contributed by atoms with van der Waals surface area (Å²) in [5.74, 6) is 0.113. The first-order chi connectivity index (χ1) is 14.7. The third-order valence-corrected chi connectivity index (χ3v) is 6.12. The quantitative estimate of drug-likeness (QED) is 0.787. The van der Waals surface area contributed by atoms with Crippen molar-refractivity contribution in [3.63, 3.8) is 0 Å². The Hall–Kier alpha value is -3.35.